The third-order valence-corrected chi connectivity index (χ3v) is 4.77. The van der Waals surface area contributed by atoms with E-state index in [9.17, 15) is 14.4 Å². The first kappa shape index (κ1) is 18.6. The second-order valence-corrected chi connectivity index (χ2v) is 6.79. The molecule has 3 rings (SSSR count). The van der Waals surface area contributed by atoms with Crippen molar-refractivity contribution in [2.75, 3.05) is 13.2 Å². The molecule has 0 spiro atoms. The fraction of sp³-hybridized carbons (Fsp3) is 0.150. The number of esters is 1. The van der Waals surface area contributed by atoms with Crippen LogP contribution >= 0.6 is 11.3 Å². The average Bonchev–Trinajstić information content (AvgIpc) is 2.65. The van der Waals surface area contributed by atoms with Gasteiger partial charge in [-0.2, -0.15) is 0 Å². The van der Waals surface area contributed by atoms with E-state index < -0.39 is 12.1 Å². The zero-order valence-corrected chi connectivity index (χ0v) is 15.3. The largest absolute Gasteiger partial charge is 0.513 e. The van der Waals surface area contributed by atoms with Crippen LogP contribution in [-0.4, -0.2) is 25.3 Å². The van der Waals surface area contributed by atoms with Crippen molar-refractivity contribution in [2.24, 2.45) is 0 Å². The highest BCUT2D eigenvalue weighted by Gasteiger charge is 2.11. The summed E-state index contributed by atoms with van der Waals surface area (Å²) in [6, 6.07) is 12.1. The molecular formula is C20H16O6S. The van der Waals surface area contributed by atoms with E-state index >= 15 is 0 Å². The molecule has 0 N–H and O–H groups in total. The Balaban J connectivity index is 1.67. The third-order valence-electron chi connectivity index (χ3n) is 3.64. The molecule has 27 heavy (non-hydrogen) atoms. The molecule has 0 aliphatic heterocycles. The van der Waals surface area contributed by atoms with Gasteiger partial charge in [0.05, 0.1) is 0 Å². The van der Waals surface area contributed by atoms with Crippen molar-refractivity contribution in [1.82, 2.24) is 0 Å². The van der Waals surface area contributed by atoms with Crippen LogP contribution in [0.25, 0.3) is 20.2 Å². The zero-order chi connectivity index (χ0) is 19.4. The minimum Gasteiger partial charge on any atom is -0.459 e. The smallest absolute Gasteiger partial charge is 0.459 e. The van der Waals surface area contributed by atoms with E-state index in [1.54, 1.807) is 18.2 Å². The molecule has 0 atom stereocenters. The molecule has 0 amide bonds. The van der Waals surface area contributed by atoms with Gasteiger partial charge in [-0.1, -0.05) is 18.7 Å². The van der Waals surface area contributed by atoms with Crippen LogP contribution < -0.4 is 10.2 Å². The van der Waals surface area contributed by atoms with Gasteiger partial charge in [-0.15, -0.1) is 11.3 Å². The Bertz CT molecular complexity index is 1100. The maximum Gasteiger partial charge on any atom is 0.513 e. The van der Waals surface area contributed by atoms with E-state index in [-0.39, 0.29) is 30.0 Å². The van der Waals surface area contributed by atoms with Gasteiger partial charge in [0.1, 0.15) is 19.0 Å². The second-order valence-electron chi connectivity index (χ2n) is 5.70. The summed E-state index contributed by atoms with van der Waals surface area (Å²) < 4.78 is 16.3. The summed E-state index contributed by atoms with van der Waals surface area (Å²) >= 11 is 1.44. The summed E-state index contributed by atoms with van der Waals surface area (Å²) in [6.45, 7) is 4.74. The van der Waals surface area contributed by atoms with Gasteiger partial charge in [0.2, 0.25) is 0 Å². The highest BCUT2D eigenvalue weighted by molar-refractivity contribution is 7.24. The van der Waals surface area contributed by atoms with Crippen molar-refractivity contribution in [2.45, 2.75) is 6.92 Å². The minimum absolute atomic E-state index is 0.0622. The number of hydrogen-bond acceptors (Lipinski definition) is 7. The van der Waals surface area contributed by atoms with E-state index in [0.29, 0.717) is 15.5 Å². The quantitative estimate of drug-likeness (QED) is 0.217. The Morgan fingerprint density at radius 1 is 1.00 bits per heavy atom. The lowest BCUT2D eigenvalue weighted by molar-refractivity contribution is -0.140. The first-order valence-electron chi connectivity index (χ1n) is 8.08. The lowest BCUT2D eigenvalue weighted by atomic mass is 10.2. The van der Waals surface area contributed by atoms with Crippen molar-refractivity contribution < 1.29 is 23.8 Å². The summed E-state index contributed by atoms with van der Waals surface area (Å²) in [6.07, 6.45) is -0.922. The van der Waals surface area contributed by atoms with E-state index in [1.165, 1.54) is 24.3 Å². The molecule has 138 valence electrons. The van der Waals surface area contributed by atoms with Crippen molar-refractivity contribution in [3.8, 4) is 5.75 Å². The van der Waals surface area contributed by atoms with Gasteiger partial charge in [0.15, 0.2) is 5.43 Å². The fourth-order valence-electron chi connectivity index (χ4n) is 2.35. The first-order chi connectivity index (χ1) is 13.0. The number of rotatable bonds is 5. The predicted octanol–water partition coefficient (Wildman–Crippen LogP) is 4.05. The minimum atomic E-state index is -0.922. The van der Waals surface area contributed by atoms with Crippen molar-refractivity contribution in [3.63, 3.8) is 0 Å². The topological polar surface area (TPSA) is 78.9 Å². The maximum absolute atomic E-state index is 12.5. The molecule has 0 unspecified atom stereocenters. The molecule has 1 aromatic heterocycles. The average molecular weight is 384 g/mol. The number of carbonyl (C=O) groups is 2. The van der Waals surface area contributed by atoms with Crippen LogP contribution in [0, 0.1) is 0 Å². The Labute approximate surface area is 158 Å². The highest BCUT2D eigenvalue weighted by atomic mass is 32.1. The summed E-state index contributed by atoms with van der Waals surface area (Å²) in [5, 5.41) is 1.22. The number of hydrogen-bond donors (Lipinski definition) is 0. The van der Waals surface area contributed by atoms with E-state index in [1.807, 2.05) is 18.2 Å². The van der Waals surface area contributed by atoms with Crippen LogP contribution in [0.3, 0.4) is 0 Å². The van der Waals surface area contributed by atoms with Crippen LogP contribution in [0.2, 0.25) is 0 Å². The zero-order valence-electron chi connectivity index (χ0n) is 14.5. The Morgan fingerprint density at radius 3 is 2.48 bits per heavy atom. The highest BCUT2D eigenvalue weighted by Crippen LogP contribution is 2.27. The first-order valence-corrected chi connectivity index (χ1v) is 8.90. The molecule has 0 aliphatic carbocycles. The molecule has 0 saturated carbocycles. The monoisotopic (exact) mass is 384 g/mol. The van der Waals surface area contributed by atoms with Crippen LogP contribution in [-0.2, 0) is 14.3 Å². The molecular weight excluding hydrogens is 368 g/mol. The van der Waals surface area contributed by atoms with Gasteiger partial charge in [0.25, 0.3) is 0 Å². The number of carbonyl (C=O) groups excluding carboxylic acids is 2. The molecule has 0 radical (unpaired) electrons. The molecule has 2 aromatic carbocycles. The molecule has 1 heterocycles. The fourth-order valence-corrected chi connectivity index (χ4v) is 3.45. The molecule has 0 fully saturated rings. The lowest BCUT2D eigenvalue weighted by Gasteiger charge is -2.08. The van der Waals surface area contributed by atoms with E-state index in [2.05, 4.69) is 6.58 Å². The van der Waals surface area contributed by atoms with Crippen LogP contribution in [0.5, 0.6) is 5.75 Å². The second kappa shape index (κ2) is 8.01. The molecule has 0 saturated heterocycles. The van der Waals surface area contributed by atoms with Crippen molar-refractivity contribution in [1.29, 1.82) is 0 Å². The molecule has 7 heteroatoms. The van der Waals surface area contributed by atoms with Gasteiger partial charge in [-0.3, -0.25) is 4.79 Å². The summed E-state index contributed by atoms with van der Waals surface area (Å²) in [7, 11) is 0. The SMILES string of the molecule is C=C(C)C(=O)OCCOC(=O)Oc1ccc2c(=O)c3ccccc3sc2c1. The number of benzene rings is 2. The summed E-state index contributed by atoms with van der Waals surface area (Å²) in [5.74, 6) is -0.291. The van der Waals surface area contributed by atoms with E-state index in [0.717, 1.165) is 4.70 Å². The van der Waals surface area contributed by atoms with Crippen molar-refractivity contribution in [3.05, 3.63) is 64.8 Å². The lowest BCUT2D eigenvalue weighted by Crippen LogP contribution is -2.16. The van der Waals surface area contributed by atoms with E-state index in [4.69, 9.17) is 14.2 Å². The van der Waals surface area contributed by atoms with Crippen LogP contribution in [0.1, 0.15) is 6.92 Å². The molecule has 3 aromatic rings. The van der Waals surface area contributed by atoms with Crippen LogP contribution in [0.4, 0.5) is 4.79 Å². The Morgan fingerprint density at radius 2 is 1.70 bits per heavy atom. The molecule has 0 bridgehead atoms. The molecule has 6 nitrogen and oxygen atoms in total. The standard InChI is InChI=1S/C20H16O6S/c1-12(2)19(22)24-9-10-25-20(23)26-13-7-8-15-17(11-13)27-16-6-4-3-5-14(16)18(15)21/h3-8,11H,1,9-10H2,2H3. The Kier molecular flexibility index (Phi) is 5.52. The maximum atomic E-state index is 12.5. The van der Waals surface area contributed by atoms with Gasteiger partial charge < -0.3 is 14.2 Å². The normalized spacial score (nSPS) is 10.6. The molecule has 0 aliphatic rings. The van der Waals surface area contributed by atoms with Gasteiger partial charge in [0, 0.05) is 25.7 Å². The predicted molar refractivity (Wildman–Crippen MR) is 103 cm³/mol. The van der Waals surface area contributed by atoms with Crippen molar-refractivity contribution >= 4 is 43.6 Å². The Hall–Kier alpha value is -3.19. The summed E-state index contributed by atoms with van der Waals surface area (Å²) in [4.78, 5) is 35.5. The number of fused-ring (bicyclic) bond motifs is 2. The number of ether oxygens (including phenoxy) is 3. The summed E-state index contributed by atoms with van der Waals surface area (Å²) in [5.41, 5.74) is 0.202. The van der Waals surface area contributed by atoms with Gasteiger partial charge in [-0.25, -0.2) is 9.59 Å². The third kappa shape index (κ3) is 4.32. The van der Waals surface area contributed by atoms with Crippen LogP contribution in [0.15, 0.2) is 59.4 Å². The van der Waals surface area contributed by atoms with Gasteiger partial charge in [-0.05, 0) is 37.3 Å². The van der Waals surface area contributed by atoms with Gasteiger partial charge >= 0.3 is 12.1 Å².